The highest BCUT2D eigenvalue weighted by Crippen LogP contribution is 2.06. The van der Waals surface area contributed by atoms with Crippen molar-refractivity contribution in [2.24, 2.45) is 0 Å². The molecule has 0 fully saturated rings. The molecule has 1 unspecified atom stereocenters. The van der Waals surface area contributed by atoms with Crippen molar-refractivity contribution in [3.63, 3.8) is 0 Å². The van der Waals surface area contributed by atoms with Gasteiger partial charge in [0.2, 0.25) is 5.91 Å². The maximum atomic E-state index is 12.6. The van der Waals surface area contributed by atoms with E-state index in [2.05, 4.69) is 27.8 Å². The minimum absolute atomic E-state index is 0.254. The first-order valence-corrected chi connectivity index (χ1v) is 10.7. The van der Waals surface area contributed by atoms with Crippen LogP contribution >= 0.6 is 0 Å². The van der Waals surface area contributed by atoms with E-state index in [-0.39, 0.29) is 12.1 Å². The molecule has 35 heavy (non-hydrogen) atoms. The Morgan fingerprint density at radius 2 is 1.51 bits per heavy atom. The van der Waals surface area contributed by atoms with Gasteiger partial charge in [-0.2, -0.15) is 0 Å². The highest BCUT2D eigenvalue weighted by molar-refractivity contribution is 5.97. The van der Waals surface area contributed by atoms with Gasteiger partial charge in [-0.25, -0.2) is 10.3 Å². The predicted molar refractivity (Wildman–Crippen MR) is 127 cm³/mol. The van der Waals surface area contributed by atoms with Gasteiger partial charge in [0.1, 0.15) is 11.6 Å². The lowest BCUT2D eigenvalue weighted by atomic mass is 10.1. The van der Waals surface area contributed by atoms with Crippen molar-refractivity contribution in [1.82, 2.24) is 21.4 Å². The Balaban J connectivity index is 1.91. The van der Waals surface area contributed by atoms with Crippen molar-refractivity contribution in [2.75, 3.05) is 13.1 Å². The minimum Gasteiger partial charge on any atom is -0.444 e. The smallest absolute Gasteiger partial charge is 0.408 e. The summed E-state index contributed by atoms with van der Waals surface area (Å²) in [6.07, 6.45) is -0.775. The van der Waals surface area contributed by atoms with E-state index in [9.17, 15) is 19.2 Å². The molecule has 0 saturated heterocycles. The summed E-state index contributed by atoms with van der Waals surface area (Å²) in [5.74, 6) is 3.86. The molecule has 10 heteroatoms. The van der Waals surface area contributed by atoms with Gasteiger partial charge in [-0.3, -0.25) is 19.6 Å². The largest absolute Gasteiger partial charge is 0.444 e. The second-order valence-corrected chi connectivity index (χ2v) is 8.35. The summed E-state index contributed by atoms with van der Waals surface area (Å²) in [4.78, 5) is 48.1. The van der Waals surface area contributed by atoms with E-state index < -0.39 is 42.0 Å². The summed E-state index contributed by atoms with van der Waals surface area (Å²) in [7, 11) is 0. The summed E-state index contributed by atoms with van der Waals surface area (Å²) in [5, 5.41) is 16.1. The number of amides is 4. The van der Waals surface area contributed by atoms with E-state index in [0.29, 0.717) is 5.56 Å². The lowest BCUT2D eigenvalue weighted by Crippen LogP contribution is -2.53. The lowest BCUT2D eigenvalue weighted by molar-refractivity contribution is -0.131. The third-order valence-corrected chi connectivity index (χ3v) is 4.30. The molecular weight excluding hydrogens is 452 g/mol. The lowest BCUT2D eigenvalue weighted by Gasteiger charge is -2.20. The number of carbonyl (C=O) groups excluding carboxylic acids is 4. The Kier molecular flexibility index (Phi) is 9.81. The van der Waals surface area contributed by atoms with Gasteiger partial charge in [-0.15, -0.1) is 0 Å². The molecule has 0 saturated carbocycles. The van der Waals surface area contributed by atoms with Gasteiger partial charge in [0.25, 0.3) is 11.8 Å². The highest BCUT2D eigenvalue weighted by Gasteiger charge is 2.22. The molecular formula is C25H28N4O6. The van der Waals surface area contributed by atoms with E-state index in [1.54, 1.807) is 45.0 Å². The molecule has 184 valence electrons. The highest BCUT2D eigenvalue weighted by atomic mass is 16.6. The van der Waals surface area contributed by atoms with E-state index in [0.717, 1.165) is 5.56 Å². The zero-order chi connectivity index (χ0) is 25.8. The molecule has 10 nitrogen and oxygen atoms in total. The molecule has 0 aromatic heterocycles. The Bertz CT molecular complexity index is 1100. The molecule has 2 aromatic carbocycles. The van der Waals surface area contributed by atoms with Crippen molar-refractivity contribution >= 4 is 23.8 Å². The normalized spacial score (nSPS) is 11.2. The number of rotatable bonds is 7. The van der Waals surface area contributed by atoms with Crippen LogP contribution in [-0.4, -0.2) is 53.8 Å². The first-order valence-electron chi connectivity index (χ1n) is 10.7. The molecule has 0 aliphatic rings. The van der Waals surface area contributed by atoms with Crippen LogP contribution < -0.4 is 21.4 Å². The number of hydrogen-bond donors (Lipinski definition) is 5. The number of nitrogens with one attached hydrogen (secondary N) is 4. The zero-order valence-electron chi connectivity index (χ0n) is 19.7. The van der Waals surface area contributed by atoms with Gasteiger partial charge >= 0.3 is 6.09 Å². The Hall–Kier alpha value is -4.36. The fourth-order valence-corrected chi connectivity index (χ4v) is 2.64. The topological polar surface area (TPSA) is 146 Å². The van der Waals surface area contributed by atoms with Crippen LogP contribution in [0.3, 0.4) is 0 Å². The number of ether oxygens (including phenoxy) is 1. The van der Waals surface area contributed by atoms with Crippen molar-refractivity contribution in [2.45, 2.75) is 32.4 Å². The number of hydroxylamine groups is 1. The quantitative estimate of drug-likeness (QED) is 0.230. The molecule has 4 amide bonds. The van der Waals surface area contributed by atoms with Crippen LogP contribution in [0.15, 0.2) is 54.6 Å². The fraction of sp³-hybridized carbons (Fsp3) is 0.280. The molecule has 0 aliphatic heterocycles. The van der Waals surface area contributed by atoms with Crippen LogP contribution in [-0.2, 0) is 14.3 Å². The monoisotopic (exact) mass is 480 g/mol. The van der Waals surface area contributed by atoms with Gasteiger partial charge in [-0.1, -0.05) is 30.0 Å². The Morgan fingerprint density at radius 3 is 2.09 bits per heavy atom. The average molecular weight is 481 g/mol. The fourth-order valence-electron chi connectivity index (χ4n) is 2.64. The molecule has 2 aromatic rings. The van der Waals surface area contributed by atoms with Gasteiger partial charge in [-0.05, 0) is 57.2 Å². The first-order chi connectivity index (χ1) is 16.6. The number of carbonyl (C=O) groups is 4. The number of benzene rings is 2. The van der Waals surface area contributed by atoms with Crippen LogP contribution in [0.4, 0.5) is 4.79 Å². The Morgan fingerprint density at radius 1 is 0.914 bits per heavy atom. The molecule has 5 N–H and O–H groups in total. The molecule has 0 bridgehead atoms. The second kappa shape index (κ2) is 12.8. The van der Waals surface area contributed by atoms with Crippen LogP contribution in [0.5, 0.6) is 0 Å². The number of hydrogen-bond acceptors (Lipinski definition) is 6. The van der Waals surface area contributed by atoms with Crippen LogP contribution in [0.2, 0.25) is 0 Å². The summed E-state index contributed by atoms with van der Waals surface area (Å²) < 4.78 is 5.02. The Labute approximate surface area is 203 Å². The summed E-state index contributed by atoms with van der Waals surface area (Å²) in [5.41, 5.74) is 2.53. The third-order valence-electron chi connectivity index (χ3n) is 4.30. The van der Waals surface area contributed by atoms with E-state index >= 15 is 0 Å². The predicted octanol–water partition coefficient (Wildman–Crippen LogP) is 1.33. The molecule has 0 aliphatic carbocycles. The van der Waals surface area contributed by atoms with E-state index in [1.807, 2.05) is 30.3 Å². The summed E-state index contributed by atoms with van der Waals surface area (Å²) in [6.45, 7) is 4.31. The molecule has 0 radical (unpaired) electrons. The van der Waals surface area contributed by atoms with Gasteiger partial charge in [0.15, 0.2) is 0 Å². The zero-order valence-corrected chi connectivity index (χ0v) is 19.7. The van der Waals surface area contributed by atoms with E-state index in [4.69, 9.17) is 9.94 Å². The van der Waals surface area contributed by atoms with Crippen molar-refractivity contribution < 1.29 is 29.1 Å². The third kappa shape index (κ3) is 9.98. The molecule has 2 rings (SSSR count). The van der Waals surface area contributed by atoms with Crippen LogP contribution in [0, 0.1) is 11.8 Å². The second-order valence-electron chi connectivity index (χ2n) is 8.35. The van der Waals surface area contributed by atoms with Crippen molar-refractivity contribution in [1.29, 1.82) is 0 Å². The molecule has 0 spiro atoms. The molecule has 0 heterocycles. The SMILES string of the molecule is CC(C)(C)OC(=O)NCC(=O)NCC(NC(=O)c1ccc(C#Cc2ccccc2)cc1)C(=O)NO. The van der Waals surface area contributed by atoms with Gasteiger partial charge < -0.3 is 20.7 Å². The number of alkyl carbamates (subject to hydrolysis) is 1. The van der Waals surface area contributed by atoms with Crippen LogP contribution in [0.1, 0.15) is 42.3 Å². The summed E-state index contributed by atoms with van der Waals surface area (Å²) >= 11 is 0. The maximum Gasteiger partial charge on any atom is 0.408 e. The van der Waals surface area contributed by atoms with E-state index in [1.165, 1.54) is 5.48 Å². The summed E-state index contributed by atoms with van der Waals surface area (Å²) in [6, 6.07) is 14.6. The molecule has 1 atom stereocenters. The van der Waals surface area contributed by atoms with Crippen molar-refractivity contribution in [3.8, 4) is 11.8 Å². The standard InChI is InChI=1S/C25H28N4O6/c1-25(2,3)35-24(33)27-16-21(30)26-15-20(23(32)29-34)28-22(31)19-13-11-18(12-14-19)10-9-17-7-5-4-6-8-17/h4-8,11-14,20,34H,15-16H2,1-3H3,(H,26,30)(H,27,33)(H,28,31)(H,29,32). The average Bonchev–Trinajstić information content (AvgIpc) is 2.83. The van der Waals surface area contributed by atoms with Gasteiger partial charge in [0.05, 0.1) is 6.54 Å². The minimum atomic E-state index is -1.27. The van der Waals surface area contributed by atoms with Crippen molar-refractivity contribution in [3.05, 3.63) is 71.3 Å². The van der Waals surface area contributed by atoms with Gasteiger partial charge in [0, 0.05) is 23.2 Å². The first kappa shape index (κ1) is 26.9. The maximum absolute atomic E-state index is 12.6. The van der Waals surface area contributed by atoms with Crippen LogP contribution in [0.25, 0.3) is 0 Å².